The van der Waals surface area contributed by atoms with Crippen LogP contribution in [-0.2, 0) is 17.7 Å². The van der Waals surface area contributed by atoms with Crippen molar-refractivity contribution < 1.29 is 24.2 Å². The molecule has 0 amide bonds. The summed E-state index contributed by atoms with van der Waals surface area (Å²) in [6.07, 6.45) is 0.476. The third-order valence-electron chi connectivity index (χ3n) is 5.01. The third kappa shape index (κ3) is 4.18. The van der Waals surface area contributed by atoms with Gasteiger partial charge in [0.25, 0.3) is 0 Å². The molecule has 4 rings (SSSR count). The van der Waals surface area contributed by atoms with Crippen molar-refractivity contribution >= 4 is 0 Å². The molecule has 0 fully saturated rings. The first-order chi connectivity index (χ1) is 12.8. The highest BCUT2D eigenvalue weighted by Gasteiger charge is 2.23. The van der Waals surface area contributed by atoms with Crippen LogP contribution in [-0.4, -0.2) is 50.2 Å². The van der Waals surface area contributed by atoms with E-state index in [1.54, 1.807) is 0 Å². The van der Waals surface area contributed by atoms with E-state index in [4.69, 9.17) is 14.2 Å². The third-order valence-corrected chi connectivity index (χ3v) is 5.01. The van der Waals surface area contributed by atoms with Gasteiger partial charge in [0, 0.05) is 12.0 Å². The highest BCUT2D eigenvalue weighted by Crippen LogP contribution is 2.30. The molecule has 2 aliphatic rings. The van der Waals surface area contributed by atoms with Gasteiger partial charge in [-0.1, -0.05) is 36.4 Å². The Morgan fingerprint density at radius 2 is 1.85 bits per heavy atom. The monoisotopic (exact) mass is 356 g/mol. The van der Waals surface area contributed by atoms with Crippen molar-refractivity contribution in [1.82, 2.24) is 0 Å². The molecule has 0 aromatic heterocycles. The van der Waals surface area contributed by atoms with Crippen LogP contribution in [0.2, 0.25) is 0 Å². The highest BCUT2D eigenvalue weighted by atomic mass is 16.6. The van der Waals surface area contributed by atoms with E-state index in [2.05, 4.69) is 24.3 Å². The van der Waals surface area contributed by atoms with Gasteiger partial charge in [-0.25, -0.2) is 0 Å². The van der Waals surface area contributed by atoms with Crippen LogP contribution < -0.4 is 14.4 Å². The van der Waals surface area contributed by atoms with Gasteiger partial charge in [-0.3, -0.25) is 0 Å². The number of para-hydroxylation sites is 2. The van der Waals surface area contributed by atoms with Crippen LogP contribution in [0, 0.1) is 0 Å². The van der Waals surface area contributed by atoms with Gasteiger partial charge in [-0.2, -0.15) is 0 Å². The van der Waals surface area contributed by atoms with Crippen molar-refractivity contribution in [3.8, 4) is 11.5 Å². The molecule has 2 aromatic carbocycles. The van der Waals surface area contributed by atoms with Crippen LogP contribution >= 0.6 is 0 Å². The molecular formula is C21H26NO4+. The quantitative estimate of drug-likeness (QED) is 0.806. The minimum Gasteiger partial charge on any atom is -0.486 e. The SMILES string of the molecule is O[C@@H](COC[C@@H]1COc2ccccc2O1)C[NH+]1CCc2ccccc2C1. The fraction of sp³-hybridized carbons (Fsp3) is 0.429. The number of rotatable bonds is 6. The Labute approximate surface area is 154 Å². The zero-order chi connectivity index (χ0) is 17.8. The molecule has 0 aliphatic carbocycles. The van der Waals surface area contributed by atoms with Crippen LogP contribution in [0.25, 0.3) is 0 Å². The summed E-state index contributed by atoms with van der Waals surface area (Å²) in [7, 11) is 0. The lowest BCUT2D eigenvalue weighted by Gasteiger charge is -2.28. The molecule has 26 heavy (non-hydrogen) atoms. The normalized spacial score (nSPS) is 22.5. The molecule has 5 nitrogen and oxygen atoms in total. The van der Waals surface area contributed by atoms with Crippen LogP contribution in [0.5, 0.6) is 11.5 Å². The van der Waals surface area contributed by atoms with Crippen LogP contribution in [0.15, 0.2) is 48.5 Å². The molecule has 5 heteroatoms. The van der Waals surface area contributed by atoms with Crippen LogP contribution in [0.4, 0.5) is 0 Å². The minimum atomic E-state index is -0.466. The molecule has 2 heterocycles. The van der Waals surface area contributed by atoms with Gasteiger partial charge < -0.3 is 24.2 Å². The summed E-state index contributed by atoms with van der Waals surface area (Å²) >= 11 is 0. The fourth-order valence-electron chi connectivity index (χ4n) is 3.69. The van der Waals surface area contributed by atoms with E-state index in [1.165, 1.54) is 16.0 Å². The molecule has 0 spiro atoms. The van der Waals surface area contributed by atoms with Crippen molar-refractivity contribution in [2.75, 3.05) is 32.9 Å². The van der Waals surface area contributed by atoms with Gasteiger partial charge in [-0.15, -0.1) is 0 Å². The number of fused-ring (bicyclic) bond motifs is 2. The van der Waals surface area contributed by atoms with Gasteiger partial charge in [-0.05, 0) is 17.7 Å². The maximum absolute atomic E-state index is 10.3. The summed E-state index contributed by atoms with van der Waals surface area (Å²) in [5.41, 5.74) is 2.84. The van der Waals surface area contributed by atoms with E-state index in [9.17, 15) is 5.11 Å². The summed E-state index contributed by atoms with van der Waals surface area (Å²) in [4.78, 5) is 1.41. The lowest BCUT2D eigenvalue weighted by molar-refractivity contribution is -0.919. The first-order valence-corrected chi connectivity index (χ1v) is 9.32. The second kappa shape index (κ2) is 8.08. The number of benzene rings is 2. The smallest absolute Gasteiger partial charge is 0.161 e. The predicted molar refractivity (Wildman–Crippen MR) is 97.7 cm³/mol. The summed E-state index contributed by atoms with van der Waals surface area (Å²) in [5.74, 6) is 1.53. The molecule has 2 aliphatic heterocycles. The molecule has 0 radical (unpaired) electrons. The minimum absolute atomic E-state index is 0.133. The zero-order valence-corrected chi connectivity index (χ0v) is 14.9. The van der Waals surface area contributed by atoms with E-state index < -0.39 is 6.10 Å². The van der Waals surface area contributed by atoms with E-state index in [0.717, 1.165) is 31.0 Å². The van der Waals surface area contributed by atoms with Crippen molar-refractivity contribution in [3.05, 3.63) is 59.7 Å². The van der Waals surface area contributed by atoms with E-state index in [-0.39, 0.29) is 6.10 Å². The van der Waals surface area contributed by atoms with Gasteiger partial charge in [0.1, 0.15) is 25.8 Å². The number of ether oxygens (including phenoxy) is 3. The number of nitrogens with one attached hydrogen (secondary N) is 1. The molecule has 0 saturated heterocycles. The molecule has 0 bridgehead atoms. The second-order valence-electron chi connectivity index (χ2n) is 7.09. The average Bonchev–Trinajstić information content (AvgIpc) is 2.68. The van der Waals surface area contributed by atoms with E-state index in [0.29, 0.717) is 26.4 Å². The topological polar surface area (TPSA) is 52.4 Å². The van der Waals surface area contributed by atoms with E-state index in [1.807, 2.05) is 24.3 Å². The Morgan fingerprint density at radius 1 is 1.08 bits per heavy atom. The molecular weight excluding hydrogens is 330 g/mol. The Morgan fingerprint density at radius 3 is 2.73 bits per heavy atom. The van der Waals surface area contributed by atoms with Crippen LogP contribution in [0.1, 0.15) is 11.1 Å². The van der Waals surface area contributed by atoms with Gasteiger partial charge in [0.05, 0.1) is 19.8 Å². The average molecular weight is 356 g/mol. The van der Waals surface area contributed by atoms with Gasteiger partial charge in [0.15, 0.2) is 17.6 Å². The van der Waals surface area contributed by atoms with Gasteiger partial charge >= 0.3 is 0 Å². The van der Waals surface area contributed by atoms with Crippen LogP contribution in [0.3, 0.4) is 0 Å². The summed E-state index contributed by atoms with van der Waals surface area (Å²) < 4.78 is 17.2. The Bertz CT molecular complexity index is 735. The first kappa shape index (κ1) is 17.3. The second-order valence-corrected chi connectivity index (χ2v) is 7.09. The van der Waals surface area contributed by atoms with Gasteiger partial charge in [0.2, 0.25) is 0 Å². The number of hydrogen-bond donors (Lipinski definition) is 2. The van der Waals surface area contributed by atoms with Crippen molar-refractivity contribution in [2.24, 2.45) is 0 Å². The lowest BCUT2D eigenvalue weighted by Crippen LogP contribution is -3.13. The maximum Gasteiger partial charge on any atom is 0.161 e. The molecule has 1 unspecified atom stereocenters. The first-order valence-electron chi connectivity index (χ1n) is 9.32. The standard InChI is InChI=1S/C21H25NO4/c23-18(12-22-10-9-16-5-1-2-6-17(16)11-22)13-24-14-19-15-25-20-7-3-4-8-21(20)26-19/h1-8,18-19,23H,9-15H2/p+1/t18-,19-/m1/s1. The van der Waals surface area contributed by atoms with Crippen molar-refractivity contribution in [2.45, 2.75) is 25.2 Å². The molecule has 0 saturated carbocycles. The number of quaternary nitrogens is 1. The summed E-state index contributed by atoms with van der Waals surface area (Å²) in [5, 5.41) is 10.3. The molecule has 2 N–H and O–H groups in total. The molecule has 3 atom stereocenters. The number of aliphatic hydroxyl groups is 1. The maximum atomic E-state index is 10.3. The summed E-state index contributed by atoms with van der Waals surface area (Å²) in [6, 6.07) is 16.2. The lowest BCUT2D eigenvalue weighted by atomic mass is 10.00. The number of aliphatic hydroxyl groups excluding tert-OH is 1. The van der Waals surface area contributed by atoms with Crippen molar-refractivity contribution in [1.29, 1.82) is 0 Å². The Balaban J connectivity index is 1.19. The predicted octanol–water partition coefficient (Wildman–Crippen LogP) is 0.845. The molecule has 2 aromatic rings. The van der Waals surface area contributed by atoms with E-state index >= 15 is 0 Å². The fourth-order valence-corrected chi connectivity index (χ4v) is 3.69. The highest BCUT2D eigenvalue weighted by molar-refractivity contribution is 5.40. The Kier molecular flexibility index (Phi) is 5.39. The number of hydrogen-bond acceptors (Lipinski definition) is 4. The van der Waals surface area contributed by atoms with Crippen molar-refractivity contribution in [3.63, 3.8) is 0 Å². The molecule has 138 valence electrons. The summed E-state index contributed by atoms with van der Waals surface area (Å²) in [6.45, 7) is 3.96. The Hall–Kier alpha value is -2.08. The largest absolute Gasteiger partial charge is 0.486 e. The zero-order valence-electron chi connectivity index (χ0n) is 14.9.